The van der Waals surface area contributed by atoms with Crippen LogP contribution in [0.4, 0.5) is 19.6 Å². The van der Waals surface area contributed by atoms with Crippen LogP contribution in [-0.2, 0) is 10.0 Å². The quantitative estimate of drug-likeness (QED) is 0.374. The SMILES string of the molecule is O=S(=O)(Nc1ccccc1C([O-])=Nc1nc2ccccc2s1)c1ccc(F)c(F)c1. The van der Waals surface area contributed by atoms with Crippen LogP contribution in [0.5, 0.6) is 0 Å². The first-order chi connectivity index (χ1) is 14.3. The van der Waals surface area contributed by atoms with Crippen molar-refractivity contribution >= 4 is 48.3 Å². The second kappa shape index (κ2) is 7.81. The van der Waals surface area contributed by atoms with E-state index in [1.807, 2.05) is 18.2 Å². The average Bonchev–Trinajstić information content (AvgIpc) is 3.12. The number of nitrogens with one attached hydrogen (secondary N) is 1. The summed E-state index contributed by atoms with van der Waals surface area (Å²) >= 11 is 1.22. The molecule has 0 aliphatic heterocycles. The zero-order chi connectivity index (χ0) is 21.3. The van der Waals surface area contributed by atoms with Gasteiger partial charge in [0.25, 0.3) is 10.0 Å². The highest BCUT2D eigenvalue weighted by Crippen LogP contribution is 2.29. The molecule has 4 rings (SSSR count). The second-order valence-corrected chi connectivity index (χ2v) is 8.80. The molecule has 0 aliphatic rings. The molecule has 0 unspecified atom stereocenters. The molecule has 6 nitrogen and oxygen atoms in total. The third kappa shape index (κ3) is 4.00. The maximum absolute atomic E-state index is 13.4. The Morgan fingerprint density at radius 1 is 1.00 bits per heavy atom. The average molecular weight is 444 g/mol. The van der Waals surface area contributed by atoms with Crippen LogP contribution in [0.1, 0.15) is 5.56 Å². The topological polar surface area (TPSA) is 94.5 Å². The van der Waals surface area contributed by atoms with Gasteiger partial charge in [-0.1, -0.05) is 41.7 Å². The van der Waals surface area contributed by atoms with E-state index in [1.165, 1.54) is 29.5 Å². The Bertz CT molecular complexity index is 1350. The number of anilines is 1. The third-order valence-corrected chi connectivity index (χ3v) is 6.38. The van der Waals surface area contributed by atoms with E-state index >= 15 is 0 Å². The molecular weight excluding hydrogens is 432 g/mol. The number of fused-ring (bicyclic) bond motifs is 1. The molecule has 0 bridgehead atoms. The molecule has 0 saturated carbocycles. The maximum Gasteiger partial charge on any atom is 0.262 e. The van der Waals surface area contributed by atoms with Crippen LogP contribution in [0.15, 0.2) is 76.6 Å². The number of halogens is 2. The summed E-state index contributed by atoms with van der Waals surface area (Å²) in [5, 5.41) is 12.9. The summed E-state index contributed by atoms with van der Waals surface area (Å²) in [5.41, 5.74) is 0.640. The molecule has 0 amide bonds. The molecule has 1 N–H and O–H groups in total. The van der Waals surface area contributed by atoms with Gasteiger partial charge in [0.15, 0.2) is 11.6 Å². The molecule has 1 aromatic heterocycles. The van der Waals surface area contributed by atoms with Gasteiger partial charge in [-0.3, -0.25) is 4.72 Å². The van der Waals surface area contributed by atoms with Crippen LogP contribution in [0.25, 0.3) is 10.2 Å². The Morgan fingerprint density at radius 2 is 1.73 bits per heavy atom. The predicted octanol–water partition coefficient (Wildman–Crippen LogP) is 3.81. The largest absolute Gasteiger partial charge is 0.858 e. The van der Waals surface area contributed by atoms with Crippen molar-refractivity contribution in [3.63, 3.8) is 0 Å². The third-order valence-electron chi connectivity index (χ3n) is 4.08. The van der Waals surface area contributed by atoms with Crippen LogP contribution >= 0.6 is 11.3 Å². The fraction of sp³-hybridized carbons (Fsp3) is 0. The van der Waals surface area contributed by atoms with Gasteiger partial charge in [0.1, 0.15) is 0 Å². The van der Waals surface area contributed by atoms with Gasteiger partial charge in [-0.15, -0.1) is 0 Å². The van der Waals surface area contributed by atoms with Crippen LogP contribution < -0.4 is 9.83 Å². The number of benzene rings is 3. The fourth-order valence-electron chi connectivity index (χ4n) is 2.66. The van der Waals surface area contributed by atoms with E-state index in [0.717, 1.165) is 10.8 Å². The van der Waals surface area contributed by atoms with E-state index in [4.69, 9.17) is 0 Å². The Kier molecular flexibility index (Phi) is 5.18. The highest BCUT2D eigenvalue weighted by molar-refractivity contribution is 7.92. The minimum absolute atomic E-state index is 0.0112. The lowest BCUT2D eigenvalue weighted by Crippen LogP contribution is -2.22. The van der Waals surface area contributed by atoms with Crippen LogP contribution in [-0.4, -0.2) is 19.3 Å². The molecule has 10 heteroatoms. The van der Waals surface area contributed by atoms with Gasteiger partial charge in [0.05, 0.1) is 20.8 Å². The monoisotopic (exact) mass is 444 g/mol. The van der Waals surface area contributed by atoms with E-state index in [0.29, 0.717) is 17.6 Å². The first kappa shape index (κ1) is 19.9. The maximum atomic E-state index is 13.4. The summed E-state index contributed by atoms with van der Waals surface area (Å²) < 4.78 is 54.8. The highest BCUT2D eigenvalue weighted by Gasteiger charge is 2.18. The molecule has 4 aromatic rings. The molecular formula is C20H12F2N3O3S2-. The van der Waals surface area contributed by atoms with Crippen molar-refractivity contribution in [2.45, 2.75) is 4.90 Å². The fourth-order valence-corrected chi connectivity index (χ4v) is 4.59. The first-order valence-corrected chi connectivity index (χ1v) is 10.8. The van der Waals surface area contributed by atoms with Gasteiger partial charge in [0, 0.05) is 5.56 Å². The molecule has 1 heterocycles. The number of aliphatic imine (C=N–C) groups is 1. The van der Waals surface area contributed by atoms with Gasteiger partial charge in [0.2, 0.25) is 5.13 Å². The summed E-state index contributed by atoms with van der Waals surface area (Å²) in [5.74, 6) is -3.16. The van der Waals surface area contributed by atoms with E-state index in [1.54, 1.807) is 12.1 Å². The predicted molar refractivity (Wildman–Crippen MR) is 109 cm³/mol. The number of nitrogens with zero attached hydrogens (tertiary/aromatic N) is 2. The zero-order valence-electron chi connectivity index (χ0n) is 15.0. The molecule has 0 radical (unpaired) electrons. The van der Waals surface area contributed by atoms with Crippen molar-refractivity contribution in [1.29, 1.82) is 0 Å². The standard InChI is InChI=1S/C20H13F2N3O3S2/c21-14-10-9-12(11-15(14)22)30(27,28)25-16-6-2-1-5-13(16)19(26)24-20-23-17-7-3-4-8-18(17)29-20/h1-11,25H,(H,23,24,26)/p-1. The van der Waals surface area contributed by atoms with E-state index in [9.17, 15) is 22.3 Å². The van der Waals surface area contributed by atoms with Crippen LogP contribution in [0.3, 0.4) is 0 Å². The number of hydrogen-bond acceptors (Lipinski definition) is 6. The van der Waals surface area contributed by atoms with Crippen molar-refractivity contribution in [2.24, 2.45) is 4.99 Å². The summed E-state index contributed by atoms with van der Waals surface area (Å²) in [6, 6.07) is 15.4. The Balaban J connectivity index is 1.68. The van der Waals surface area contributed by atoms with Crippen molar-refractivity contribution < 1.29 is 22.3 Å². The molecule has 0 atom stereocenters. The van der Waals surface area contributed by atoms with E-state index < -0.39 is 32.5 Å². The minimum Gasteiger partial charge on any atom is -0.858 e. The molecule has 0 fully saturated rings. The van der Waals surface area contributed by atoms with E-state index in [-0.39, 0.29) is 16.4 Å². The van der Waals surface area contributed by atoms with Crippen LogP contribution in [0.2, 0.25) is 0 Å². The molecule has 0 aliphatic carbocycles. The lowest BCUT2D eigenvalue weighted by Gasteiger charge is -2.16. The van der Waals surface area contributed by atoms with Crippen molar-refractivity contribution in [3.8, 4) is 0 Å². The summed E-state index contributed by atoms with van der Waals surface area (Å²) in [6.45, 7) is 0. The molecule has 30 heavy (non-hydrogen) atoms. The van der Waals surface area contributed by atoms with Gasteiger partial charge in [-0.05, 0) is 42.3 Å². The highest BCUT2D eigenvalue weighted by atomic mass is 32.2. The number of hydrogen-bond donors (Lipinski definition) is 1. The second-order valence-electron chi connectivity index (χ2n) is 6.11. The molecule has 3 aromatic carbocycles. The van der Waals surface area contributed by atoms with Crippen LogP contribution in [0, 0.1) is 11.6 Å². The minimum atomic E-state index is -4.27. The van der Waals surface area contributed by atoms with Gasteiger partial charge in [-0.2, -0.15) is 0 Å². The Morgan fingerprint density at radius 3 is 2.50 bits per heavy atom. The normalized spacial score (nSPS) is 12.3. The number of sulfonamides is 1. The lowest BCUT2D eigenvalue weighted by molar-refractivity contribution is -0.212. The Labute approximate surface area is 174 Å². The zero-order valence-corrected chi connectivity index (χ0v) is 16.7. The van der Waals surface area contributed by atoms with Gasteiger partial charge < -0.3 is 5.11 Å². The number of thiazole rings is 1. The lowest BCUT2D eigenvalue weighted by atomic mass is 10.2. The molecule has 0 saturated heterocycles. The first-order valence-electron chi connectivity index (χ1n) is 8.52. The summed E-state index contributed by atoms with van der Waals surface area (Å²) in [4.78, 5) is 7.76. The van der Waals surface area contributed by atoms with Crippen molar-refractivity contribution in [1.82, 2.24) is 4.98 Å². The molecule has 152 valence electrons. The van der Waals surface area contributed by atoms with Gasteiger partial charge >= 0.3 is 0 Å². The number of para-hydroxylation sites is 2. The van der Waals surface area contributed by atoms with E-state index in [2.05, 4.69) is 14.7 Å². The van der Waals surface area contributed by atoms with Crippen molar-refractivity contribution in [3.05, 3.63) is 83.9 Å². The molecule has 0 spiro atoms. The summed E-state index contributed by atoms with van der Waals surface area (Å²) in [7, 11) is -4.27. The number of aromatic nitrogens is 1. The summed E-state index contributed by atoms with van der Waals surface area (Å²) in [6.07, 6.45) is 0. The Hall–Kier alpha value is -3.37. The number of rotatable bonds is 5. The van der Waals surface area contributed by atoms with Gasteiger partial charge in [-0.25, -0.2) is 27.2 Å². The smallest absolute Gasteiger partial charge is 0.262 e. The van der Waals surface area contributed by atoms with Crippen molar-refractivity contribution in [2.75, 3.05) is 4.72 Å².